The van der Waals surface area contributed by atoms with Crippen LogP contribution in [0.2, 0.25) is 0 Å². The van der Waals surface area contributed by atoms with Gasteiger partial charge in [0.25, 0.3) is 0 Å². The van der Waals surface area contributed by atoms with Gasteiger partial charge in [0.2, 0.25) is 0 Å². The highest BCUT2D eigenvalue weighted by Crippen LogP contribution is 2.41. The molecular weight excluding hydrogens is 224 g/mol. The highest BCUT2D eigenvalue weighted by Gasteiger charge is 2.35. The van der Waals surface area contributed by atoms with Gasteiger partial charge in [0.1, 0.15) is 5.75 Å². The van der Waals surface area contributed by atoms with E-state index >= 15 is 0 Å². The number of methoxy groups -OCH3 is 1. The highest BCUT2D eigenvalue weighted by atomic mass is 32.2. The van der Waals surface area contributed by atoms with Crippen molar-refractivity contribution in [1.29, 1.82) is 0 Å². The standard InChI is InChI=1S/C12H14O3S/c1-15-12(14)8-5-11(6-8)16-10-4-2-3-9(13)7-10/h2-4,7-8,11,13H,5-6H2,1H3. The number of thioether (sulfide) groups is 1. The van der Waals surface area contributed by atoms with Crippen molar-refractivity contribution in [1.82, 2.24) is 0 Å². The van der Waals surface area contributed by atoms with Crippen LogP contribution in [0.3, 0.4) is 0 Å². The van der Waals surface area contributed by atoms with Gasteiger partial charge in [-0.2, -0.15) is 0 Å². The summed E-state index contributed by atoms with van der Waals surface area (Å²) in [4.78, 5) is 12.2. The molecule has 0 amide bonds. The number of aromatic hydroxyl groups is 1. The summed E-state index contributed by atoms with van der Waals surface area (Å²) in [6.07, 6.45) is 1.74. The van der Waals surface area contributed by atoms with E-state index in [0.717, 1.165) is 17.7 Å². The van der Waals surface area contributed by atoms with Crippen LogP contribution in [0, 0.1) is 5.92 Å². The molecule has 3 nitrogen and oxygen atoms in total. The van der Waals surface area contributed by atoms with Crippen LogP contribution in [0.15, 0.2) is 29.2 Å². The summed E-state index contributed by atoms with van der Waals surface area (Å²) in [6, 6.07) is 7.20. The average Bonchev–Trinajstić information content (AvgIpc) is 2.22. The fourth-order valence-corrected chi connectivity index (χ4v) is 3.16. The topological polar surface area (TPSA) is 46.5 Å². The predicted octanol–water partition coefficient (Wildman–Crippen LogP) is 2.44. The Morgan fingerprint density at radius 3 is 2.88 bits per heavy atom. The maximum Gasteiger partial charge on any atom is 0.308 e. The lowest BCUT2D eigenvalue weighted by Gasteiger charge is -2.32. The minimum absolute atomic E-state index is 0.0693. The molecule has 1 aliphatic carbocycles. The van der Waals surface area contributed by atoms with E-state index in [9.17, 15) is 9.90 Å². The van der Waals surface area contributed by atoms with Crippen LogP contribution in [-0.2, 0) is 9.53 Å². The van der Waals surface area contributed by atoms with Gasteiger partial charge in [0.05, 0.1) is 13.0 Å². The van der Waals surface area contributed by atoms with E-state index in [2.05, 4.69) is 4.74 Å². The van der Waals surface area contributed by atoms with Gasteiger partial charge in [-0.3, -0.25) is 4.79 Å². The van der Waals surface area contributed by atoms with Crippen molar-refractivity contribution >= 4 is 17.7 Å². The molecule has 1 aromatic carbocycles. The molecular formula is C12H14O3S. The maximum atomic E-state index is 11.2. The highest BCUT2D eigenvalue weighted by molar-refractivity contribution is 8.00. The fraction of sp³-hybridized carbons (Fsp3) is 0.417. The second-order valence-corrected chi connectivity index (χ2v) is 5.30. The Morgan fingerprint density at radius 1 is 1.50 bits per heavy atom. The molecule has 1 N–H and O–H groups in total. The number of phenolic OH excluding ortho intramolecular Hbond substituents is 1. The van der Waals surface area contributed by atoms with Crippen molar-refractivity contribution in [3.8, 4) is 5.75 Å². The van der Waals surface area contributed by atoms with Crippen LogP contribution in [0.5, 0.6) is 5.75 Å². The zero-order valence-electron chi connectivity index (χ0n) is 9.05. The number of hydrogen-bond acceptors (Lipinski definition) is 4. The summed E-state index contributed by atoms with van der Waals surface area (Å²) in [6.45, 7) is 0. The van der Waals surface area contributed by atoms with Gasteiger partial charge in [-0.05, 0) is 31.0 Å². The van der Waals surface area contributed by atoms with E-state index in [1.165, 1.54) is 7.11 Å². The summed E-state index contributed by atoms with van der Waals surface area (Å²) in [7, 11) is 1.43. The maximum absolute atomic E-state index is 11.2. The number of benzene rings is 1. The molecule has 0 radical (unpaired) electrons. The monoisotopic (exact) mass is 238 g/mol. The van der Waals surface area contributed by atoms with Crippen LogP contribution in [0.4, 0.5) is 0 Å². The molecule has 2 rings (SSSR count). The molecule has 4 heteroatoms. The molecule has 0 spiro atoms. The first kappa shape index (κ1) is 11.3. The zero-order chi connectivity index (χ0) is 11.5. The van der Waals surface area contributed by atoms with Crippen LogP contribution >= 0.6 is 11.8 Å². The molecule has 1 aromatic rings. The average molecular weight is 238 g/mol. The molecule has 86 valence electrons. The second kappa shape index (κ2) is 4.78. The van der Waals surface area contributed by atoms with Gasteiger partial charge in [0.15, 0.2) is 0 Å². The van der Waals surface area contributed by atoms with Crippen molar-refractivity contribution in [3.05, 3.63) is 24.3 Å². The van der Waals surface area contributed by atoms with Crippen LogP contribution in [0.1, 0.15) is 12.8 Å². The third-order valence-corrected chi connectivity index (χ3v) is 3.99. The van der Waals surface area contributed by atoms with Crippen LogP contribution in [-0.4, -0.2) is 23.4 Å². The molecule has 0 bridgehead atoms. The Morgan fingerprint density at radius 2 is 2.25 bits per heavy atom. The molecule has 16 heavy (non-hydrogen) atoms. The number of ether oxygens (including phenoxy) is 1. The lowest BCUT2D eigenvalue weighted by molar-refractivity contribution is -0.148. The van der Waals surface area contributed by atoms with E-state index in [1.54, 1.807) is 23.9 Å². The quantitative estimate of drug-likeness (QED) is 0.822. The zero-order valence-corrected chi connectivity index (χ0v) is 9.87. The SMILES string of the molecule is COC(=O)C1CC(Sc2cccc(O)c2)C1. The normalized spacial score (nSPS) is 23.6. The van der Waals surface area contributed by atoms with Gasteiger partial charge in [-0.1, -0.05) is 6.07 Å². The smallest absolute Gasteiger partial charge is 0.308 e. The number of carbonyl (C=O) groups is 1. The fourth-order valence-electron chi connectivity index (χ4n) is 1.77. The molecule has 0 saturated heterocycles. The number of esters is 1. The Hall–Kier alpha value is -1.16. The van der Waals surface area contributed by atoms with Crippen molar-refractivity contribution < 1.29 is 14.6 Å². The summed E-state index contributed by atoms with van der Waals surface area (Å²) in [5, 5.41) is 9.77. The number of rotatable bonds is 3. The molecule has 0 atom stereocenters. The summed E-state index contributed by atoms with van der Waals surface area (Å²) in [5.74, 6) is 0.251. The van der Waals surface area contributed by atoms with E-state index in [1.807, 2.05) is 12.1 Å². The third-order valence-electron chi connectivity index (χ3n) is 2.75. The molecule has 1 fully saturated rings. The number of carbonyl (C=O) groups excluding carboxylic acids is 1. The molecule has 1 aliphatic rings. The number of phenols is 1. The first-order valence-electron chi connectivity index (χ1n) is 5.22. The van der Waals surface area contributed by atoms with Crippen molar-refractivity contribution in [3.63, 3.8) is 0 Å². The van der Waals surface area contributed by atoms with Gasteiger partial charge < -0.3 is 9.84 Å². The third kappa shape index (κ3) is 2.50. The molecule has 0 aliphatic heterocycles. The van der Waals surface area contributed by atoms with Gasteiger partial charge in [-0.25, -0.2) is 0 Å². The van der Waals surface area contributed by atoms with Gasteiger partial charge >= 0.3 is 5.97 Å². The van der Waals surface area contributed by atoms with Crippen molar-refractivity contribution in [2.75, 3.05) is 7.11 Å². The van der Waals surface area contributed by atoms with E-state index in [4.69, 9.17) is 0 Å². The Bertz CT molecular complexity index is 386. The van der Waals surface area contributed by atoms with E-state index in [-0.39, 0.29) is 17.6 Å². The van der Waals surface area contributed by atoms with E-state index < -0.39 is 0 Å². The Kier molecular flexibility index (Phi) is 3.39. The minimum Gasteiger partial charge on any atom is -0.508 e. The van der Waals surface area contributed by atoms with Crippen molar-refractivity contribution in [2.45, 2.75) is 23.0 Å². The van der Waals surface area contributed by atoms with E-state index in [0.29, 0.717) is 5.25 Å². The van der Waals surface area contributed by atoms with Crippen molar-refractivity contribution in [2.24, 2.45) is 5.92 Å². The minimum atomic E-state index is -0.104. The largest absolute Gasteiger partial charge is 0.508 e. The van der Waals surface area contributed by atoms with Crippen LogP contribution < -0.4 is 0 Å². The van der Waals surface area contributed by atoms with Crippen LogP contribution in [0.25, 0.3) is 0 Å². The summed E-state index contributed by atoms with van der Waals surface area (Å²) in [5.41, 5.74) is 0. The lowest BCUT2D eigenvalue weighted by atomic mass is 9.85. The first-order chi connectivity index (χ1) is 7.69. The number of hydrogen-bond donors (Lipinski definition) is 1. The molecule has 0 unspecified atom stereocenters. The summed E-state index contributed by atoms with van der Waals surface area (Å²) < 4.78 is 4.68. The lowest BCUT2D eigenvalue weighted by Crippen LogP contribution is -2.33. The molecule has 0 aromatic heterocycles. The predicted molar refractivity (Wildman–Crippen MR) is 62.5 cm³/mol. The van der Waals surface area contributed by atoms with Gasteiger partial charge in [-0.15, -0.1) is 11.8 Å². The Balaban J connectivity index is 1.84. The first-order valence-corrected chi connectivity index (χ1v) is 6.10. The molecule has 0 heterocycles. The second-order valence-electron chi connectivity index (χ2n) is 3.93. The molecule has 1 saturated carbocycles. The van der Waals surface area contributed by atoms with Gasteiger partial charge in [0, 0.05) is 10.1 Å². The Labute approximate surface area is 98.8 Å². The summed E-state index contributed by atoms with van der Waals surface area (Å²) >= 11 is 1.71.